The smallest absolute Gasteiger partial charge is 0.247 e. The van der Waals surface area contributed by atoms with Crippen LogP contribution in [0.25, 0.3) is 10.9 Å². The van der Waals surface area contributed by atoms with Crippen molar-refractivity contribution in [2.75, 3.05) is 5.32 Å². The molecule has 2 rings (SSSR count). The van der Waals surface area contributed by atoms with Crippen LogP contribution in [-0.2, 0) is 4.79 Å². The van der Waals surface area contributed by atoms with Gasteiger partial charge in [-0.2, -0.15) is 0 Å². The average Bonchev–Trinajstić information content (AvgIpc) is 2.64. The molecule has 70 valence electrons. The molecule has 0 unspecified atom stereocenters. The first-order valence-corrected chi connectivity index (χ1v) is 4.30. The fourth-order valence-electron chi connectivity index (χ4n) is 1.32. The van der Waals surface area contributed by atoms with Gasteiger partial charge in [-0.25, -0.2) is 0 Å². The highest BCUT2D eigenvalue weighted by Gasteiger charge is 1.98. The Balaban J connectivity index is 2.34. The van der Waals surface area contributed by atoms with Crippen molar-refractivity contribution in [3.8, 4) is 0 Å². The van der Waals surface area contributed by atoms with Gasteiger partial charge in [-0.3, -0.25) is 4.79 Å². The molecule has 3 nitrogen and oxygen atoms in total. The number of H-pyrrole nitrogens is 1. The zero-order valence-electron chi connectivity index (χ0n) is 7.58. The molecule has 0 spiro atoms. The van der Waals surface area contributed by atoms with Crippen LogP contribution >= 0.6 is 0 Å². The molecule has 2 N–H and O–H groups in total. The highest BCUT2D eigenvalue weighted by Crippen LogP contribution is 2.17. The molecule has 1 aromatic carbocycles. The lowest BCUT2D eigenvalue weighted by Crippen LogP contribution is -2.06. The molecule has 1 amide bonds. The number of hydrogen-bond donors (Lipinski definition) is 2. The van der Waals surface area contributed by atoms with Crippen LogP contribution in [0.4, 0.5) is 5.69 Å². The van der Waals surface area contributed by atoms with Gasteiger partial charge < -0.3 is 10.3 Å². The van der Waals surface area contributed by atoms with Gasteiger partial charge in [0.25, 0.3) is 0 Å². The van der Waals surface area contributed by atoms with E-state index in [1.165, 1.54) is 6.08 Å². The molecular formula is C11H10N2O. The maximum Gasteiger partial charge on any atom is 0.247 e. The first-order valence-electron chi connectivity index (χ1n) is 4.30. The summed E-state index contributed by atoms with van der Waals surface area (Å²) in [7, 11) is 0. The van der Waals surface area contributed by atoms with Crippen LogP contribution in [0.5, 0.6) is 0 Å². The molecule has 14 heavy (non-hydrogen) atoms. The summed E-state index contributed by atoms with van der Waals surface area (Å²) >= 11 is 0. The molecule has 0 bridgehead atoms. The molecule has 0 atom stereocenters. The molecule has 0 radical (unpaired) electrons. The van der Waals surface area contributed by atoms with E-state index in [9.17, 15) is 4.79 Å². The number of aromatic amines is 1. The van der Waals surface area contributed by atoms with Crippen LogP contribution in [0.1, 0.15) is 0 Å². The largest absolute Gasteiger partial charge is 0.361 e. The lowest BCUT2D eigenvalue weighted by molar-refractivity contribution is -0.111. The Morgan fingerprint density at radius 2 is 2.29 bits per heavy atom. The lowest BCUT2D eigenvalue weighted by Gasteiger charge is -2.01. The minimum atomic E-state index is -0.198. The van der Waals surface area contributed by atoms with Crippen LogP contribution in [0.3, 0.4) is 0 Å². The third kappa shape index (κ3) is 1.52. The summed E-state index contributed by atoms with van der Waals surface area (Å²) in [6.45, 7) is 3.39. The predicted octanol–water partition coefficient (Wildman–Crippen LogP) is 2.29. The number of aromatic nitrogens is 1. The highest BCUT2D eigenvalue weighted by atomic mass is 16.1. The van der Waals surface area contributed by atoms with Crippen molar-refractivity contribution in [3.63, 3.8) is 0 Å². The van der Waals surface area contributed by atoms with Crippen LogP contribution in [0.15, 0.2) is 43.1 Å². The Bertz CT molecular complexity index is 485. The number of amides is 1. The number of nitrogens with one attached hydrogen (secondary N) is 2. The van der Waals surface area contributed by atoms with Crippen molar-refractivity contribution in [3.05, 3.63) is 43.1 Å². The monoisotopic (exact) mass is 186 g/mol. The molecule has 0 aliphatic carbocycles. The second-order valence-electron chi connectivity index (χ2n) is 2.97. The zero-order valence-corrected chi connectivity index (χ0v) is 7.58. The normalized spacial score (nSPS) is 10.0. The molecular weight excluding hydrogens is 176 g/mol. The first kappa shape index (κ1) is 8.56. The van der Waals surface area contributed by atoms with Crippen LogP contribution in [-0.4, -0.2) is 10.9 Å². The van der Waals surface area contributed by atoms with Crippen molar-refractivity contribution >= 4 is 22.5 Å². The Kier molecular flexibility index (Phi) is 2.07. The minimum Gasteiger partial charge on any atom is -0.361 e. The second-order valence-corrected chi connectivity index (χ2v) is 2.97. The summed E-state index contributed by atoms with van der Waals surface area (Å²) in [5, 5.41) is 3.82. The number of fused-ring (bicyclic) bond motifs is 1. The summed E-state index contributed by atoms with van der Waals surface area (Å²) in [4.78, 5) is 14.1. The summed E-state index contributed by atoms with van der Waals surface area (Å²) in [5.74, 6) is -0.198. The third-order valence-corrected chi connectivity index (χ3v) is 2.01. The Morgan fingerprint density at radius 1 is 1.43 bits per heavy atom. The summed E-state index contributed by atoms with van der Waals surface area (Å²) in [6.07, 6.45) is 3.11. The molecule has 0 saturated carbocycles. The van der Waals surface area contributed by atoms with E-state index in [1.54, 1.807) is 0 Å². The Labute approximate surface area is 81.4 Å². The van der Waals surface area contributed by atoms with E-state index in [4.69, 9.17) is 0 Å². The van der Waals surface area contributed by atoms with Crippen molar-refractivity contribution in [1.29, 1.82) is 0 Å². The van der Waals surface area contributed by atoms with E-state index >= 15 is 0 Å². The quantitative estimate of drug-likeness (QED) is 0.694. The zero-order chi connectivity index (χ0) is 9.97. The molecule has 0 aliphatic rings. The van der Waals surface area contributed by atoms with Gasteiger partial charge in [-0.1, -0.05) is 12.6 Å². The van der Waals surface area contributed by atoms with Crippen LogP contribution in [0.2, 0.25) is 0 Å². The number of rotatable bonds is 2. The first-order chi connectivity index (χ1) is 6.79. The second kappa shape index (κ2) is 3.38. The van der Waals surface area contributed by atoms with Gasteiger partial charge in [0.15, 0.2) is 0 Å². The van der Waals surface area contributed by atoms with Crippen molar-refractivity contribution < 1.29 is 4.79 Å². The van der Waals surface area contributed by atoms with E-state index in [2.05, 4.69) is 16.9 Å². The molecule has 1 aromatic heterocycles. The van der Waals surface area contributed by atoms with Gasteiger partial charge >= 0.3 is 0 Å². The fraction of sp³-hybridized carbons (Fsp3) is 0. The molecule has 0 aliphatic heterocycles. The fourth-order valence-corrected chi connectivity index (χ4v) is 1.32. The van der Waals surface area contributed by atoms with Gasteiger partial charge in [0, 0.05) is 17.4 Å². The molecule has 0 fully saturated rings. The van der Waals surface area contributed by atoms with Gasteiger partial charge in [0.05, 0.1) is 0 Å². The van der Waals surface area contributed by atoms with Crippen molar-refractivity contribution in [2.24, 2.45) is 0 Å². The Hall–Kier alpha value is -2.03. The maximum atomic E-state index is 11.0. The number of carbonyl (C=O) groups is 1. The van der Waals surface area contributed by atoms with Crippen LogP contribution in [0, 0.1) is 0 Å². The van der Waals surface area contributed by atoms with E-state index in [-0.39, 0.29) is 5.91 Å². The van der Waals surface area contributed by atoms with Crippen molar-refractivity contribution in [2.45, 2.75) is 0 Å². The van der Waals surface area contributed by atoms with Gasteiger partial charge in [-0.05, 0) is 29.7 Å². The number of benzene rings is 1. The van der Waals surface area contributed by atoms with Gasteiger partial charge in [0.2, 0.25) is 5.91 Å². The number of anilines is 1. The van der Waals surface area contributed by atoms with E-state index < -0.39 is 0 Å². The maximum absolute atomic E-state index is 11.0. The van der Waals surface area contributed by atoms with E-state index in [0.29, 0.717) is 0 Å². The van der Waals surface area contributed by atoms with Gasteiger partial charge in [-0.15, -0.1) is 0 Å². The SMILES string of the molecule is C=CC(=O)Nc1ccc2cc[nH]c2c1. The molecule has 1 heterocycles. The predicted molar refractivity (Wildman–Crippen MR) is 57.1 cm³/mol. The molecule has 3 heteroatoms. The molecule has 0 saturated heterocycles. The van der Waals surface area contributed by atoms with E-state index in [0.717, 1.165) is 16.6 Å². The van der Waals surface area contributed by atoms with Crippen LogP contribution < -0.4 is 5.32 Å². The summed E-state index contributed by atoms with van der Waals surface area (Å²) in [5.41, 5.74) is 1.77. The Morgan fingerprint density at radius 3 is 3.07 bits per heavy atom. The van der Waals surface area contributed by atoms with E-state index in [1.807, 2.05) is 30.5 Å². The number of carbonyl (C=O) groups excluding carboxylic acids is 1. The third-order valence-electron chi connectivity index (χ3n) is 2.01. The number of hydrogen-bond acceptors (Lipinski definition) is 1. The lowest BCUT2D eigenvalue weighted by atomic mass is 10.2. The average molecular weight is 186 g/mol. The topological polar surface area (TPSA) is 44.9 Å². The standard InChI is InChI=1S/C11H10N2O/c1-2-11(14)13-9-4-3-8-5-6-12-10(8)7-9/h2-7,12H,1H2,(H,13,14). The highest BCUT2D eigenvalue weighted by molar-refractivity contribution is 6.00. The van der Waals surface area contributed by atoms with Gasteiger partial charge in [0.1, 0.15) is 0 Å². The molecule has 2 aromatic rings. The summed E-state index contributed by atoms with van der Waals surface area (Å²) < 4.78 is 0. The summed E-state index contributed by atoms with van der Waals surface area (Å²) in [6, 6.07) is 7.67. The van der Waals surface area contributed by atoms with Crippen molar-refractivity contribution in [1.82, 2.24) is 4.98 Å². The minimum absolute atomic E-state index is 0.198.